The third kappa shape index (κ3) is 3.00. The molecule has 0 atom stereocenters. The number of hydrogen-bond acceptors (Lipinski definition) is 4. The van der Waals surface area contributed by atoms with E-state index in [2.05, 4.69) is 29.1 Å². The Kier molecular flexibility index (Phi) is 3.53. The van der Waals surface area contributed by atoms with Crippen molar-refractivity contribution < 1.29 is 4.79 Å². The molecule has 0 aliphatic heterocycles. The fraction of sp³-hybridized carbons (Fsp3) is 0.133. The van der Waals surface area contributed by atoms with Gasteiger partial charge in [-0.3, -0.25) is 9.48 Å². The first-order chi connectivity index (χ1) is 10.1. The van der Waals surface area contributed by atoms with Gasteiger partial charge in [-0.25, -0.2) is 4.98 Å². The lowest BCUT2D eigenvalue weighted by Gasteiger charge is -1.98. The maximum absolute atomic E-state index is 11.0. The van der Waals surface area contributed by atoms with Crippen LogP contribution in [-0.4, -0.2) is 20.7 Å². The number of amides is 1. The van der Waals surface area contributed by atoms with Crippen molar-refractivity contribution in [3.8, 4) is 11.3 Å². The molecule has 5 nitrogen and oxygen atoms in total. The van der Waals surface area contributed by atoms with E-state index >= 15 is 0 Å². The van der Waals surface area contributed by atoms with Crippen LogP contribution in [0.5, 0.6) is 0 Å². The number of rotatable bonds is 4. The van der Waals surface area contributed by atoms with Crippen molar-refractivity contribution in [1.82, 2.24) is 14.8 Å². The summed E-state index contributed by atoms with van der Waals surface area (Å²) in [5, 5.41) is 7.08. The number of nitrogens with zero attached hydrogens (tertiary/aromatic N) is 3. The topological polar surface area (TPSA) is 73.8 Å². The molecule has 21 heavy (non-hydrogen) atoms. The molecule has 0 unspecified atom stereocenters. The fourth-order valence-electron chi connectivity index (χ4n) is 2.04. The number of primary amides is 1. The lowest BCUT2D eigenvalue weighted by Crippen LogP contribution is -2.09. The molecule has 0 saturated carbocycles. The van der Waals surface area contributed by atoms with E-state index in [0.29, 0.717) is 12.1 Å². The van der Waals surface area contributed by atoms with Crippen molar-refractivity contribution in [2.24, 2.45) is 5.73 Å². The van der Waals surface area contributed by atoms with Crippen molar-refractivity contribution in [1.29, 1.82) is 0 Å². The molecule has 2 N–H and O–H groups in total. The van der Waals surface area contributed by atoms with E-state index in [0.717, 1.165) is 16.3 Å². The molecule has 0 saturated heterocycles. The molecule has 3 aromatic rings. The van der Waals surface area contributed by atoms with E-state index in [1.807, 2.05) is 17.5 Å². The molecule has 2 heterocycles. The minimum Gasteiger partial charge on any atom is -0.366 e. The van der Waals surface area contributed by atoms with Crippen LogP contribution in [-0.2, 0) is 6.54 Å². The Morgan fingerprint density at radius 3 is 3.00 bits per heavy atom. The minimum absolute atomic E-state index is 0.408. The number of aromatic nitrogens is 3. The summed E-state index contributed by atoms with van der Waals surface area (Å²) in [6, 6.07) is 8.24. The molecule has 2 aromatic heterocycles. The molecule has 0 radical (unpaired) electrons. The number of nitrogens with two attached hydrogens (primary N) is 1. The average Bonchev–Trinajstić information content (AvgIpc) is 3.08. The second-order valence-electron chi connectivity index (χ2n) is 4.79. The summed E-state index contributed by atoms with van der Waals surface area (Å²) in [7, 11) is 0. The highest BCUT2D eigenvalue weighted by atomic mass is 32.1. The second-order valence-corrected chi connectivity index (χ2v) is 5.73. The number of thiazole rings is 1. The van der Waals surface area contributed by atoms with Gasteiger partial charge in [0.2, 0.25) is 0 Å². The first-order valence-electron chi connectivity index (χ1n) is 6.45. The second kappa shape index (κ2) is 5.49. The highest BCUT2D eigenvalue weighted by Crippen LogP contribution is 2.23. The lowest BCUT2D eigenvalue weighted by molar-refractivity contribution is 0.1000. The predicted molar refractivity (Wildman–Crippen MR) is 82.1 cm³/mol. The Hall–Kier alpha value is -2.47. The quantitative estimate of drug-likeness (QED) is 0.804. The Labute approximate surface area is 126 Å². The van der Waals surface area contributed by atoms with Gasteiger partial charge in [0.15, 0.2) is 0 Å². The smallest absolute Gasteiger partial charge is 0.251 e. The third-order valence-electron chi connectivity index (χ3n) is 3.08. The predicted octanol–water partition coefficient (Wildman–Crippen LogP) is 2.46. The van der Waals surface area contributed by atoms with Crippen molar-refractivity contribution in [3.63, 3.8) is 0 Å². The van der Waals surface area contributed by atoms with Crippen molar-refractivity contribution in [2.45, 2.75) is 13.5 Å². The maximum atomic E-state index is 11.0. The highest BCUT2D eigenvalue weighted by Gasteiger charge is 2.08. The van der Waals surface area contributed by atoms with Gasteiger partial charge in [-0.2, -0.15) is 5.10 Å². The number of carbonyl (C=O) groups excluding carboxylic acids is 1. The number of carbonyl (C=O) groups is 1. The van der Waals surface area contributed by atoms with E-state index in [9.17, 15) is 4.79 Å². The number of benzene rings is 1. The van der Waals surface area contributed by atoms with Crippen molar-refractivity contribution >= 4 is 17.2 Å². The maximum Gasteiger partial charge on any atom is 0.251 e. The van der Waals surface area contributed by atoms with E-state index in [1.165, 1.54) is 11.8 Å². The van der Waals surface area contributed by atoms with Crippen molar-refractivity contribution in [3.05, 3.63) is 58.2 Å². The van der Waals surface area contributed by atoms with Crippen LogP contribution in [0.4, 0.5) is 0 Å². The molecule has 0 bridgehead atoms. The Balaban J connectivity index is 1.80. The largest absolute Gasteiger partial charge is 0.366 e. The Morgan fingerprint density at radius 2 is 2.29 bits per heavy atom. The molecule has 3 rings (SSSR count). The highest BCUT2D eigenvalue weighted by molar-refractivity contribution is 7.09. The zero-order valence-electron chi connectivity index (χ0n) is 11.5. The average molecular weight is 298 g/mol. The molecule has 6 heteroatoms. The SMILES string of the molecule is Cc1cccc(-c2csc(Cn3cc(C(N)=O)cn3)n2)c1. The van der Waals surface area contributed by atoms with Crippen LogP contribution in [0.15, 0.2) is 42.0 Å². The number of aryl methyl sites for hydroxylation is 1. The normalized spacial score (nSPS) is 10.7. The summed E-state index contributed by atoms with van der Waals surface area (Å²) in [5.74, 6) is -0.471. The van der Waals surface area contributed by atoms with Gasteiger partial charge in [-0.1, -0.05) is 23.8 Å². The first kappa shape index (κ1) is 13.5. The van der Waals surface area contributed by atoms with Crippen LogP contribution in [0.25, 0.3) is 11.3 Å². The van der Waals surface area contributed by atoms with E-state index in [-0.39, 0.29) is 0 Å². The minimum atomic E-state index is -0.471. The van der Waals surface area contributed by atoms with Gasteiger partial charge < -0.3 is 5.73 Å². The molecular weight excluding hydrogens is 284 g/mol. The number of hydrogen-bond donors (Lipinski definition) is 1. The summed E-state index contributed by atoms with van der Waals surface area (Å²) in [5.41, 5.74) is 8.89. The Morgan fingerprint density at radius 1 is 1.43 bits per heavy atom. The van der Waals surface area contributed by atoms with Crippen LogP contribution in [0.2, 0.25) is 0 Å². The van der Waals surface area contributed by atoms with E-state index in [4.69, 9.17) is 5.73 Å². The van der Waals surface area contributed by atoms with Crippen LogP contribution in [0, 0.1) is 6.92 Å². The summed E-state index contributed by atoms with van der Waals surface area (Å²) >= 11 is 1.57. The summed E-state index contributed by atoms with van der Waals surface area (Å²) < 4.78 is 1.67. The van der Waals surface area contributed by atoms with Crippen LogP contribution in [0.1, 0.15) is 20.9 Å². The van der Waals surface area contributed by atoms with Gasteiger partial charge in [0.05, 0.1) is 24.0 Å². The van der Waals surface area contributed by atoms with Crippen LogP contribution >= 0.6 is 11.3 Å². The molecule has 0 fully saturated rings. The van der Waals surface area contributed by atoms with Gasteiger partial charge >= 0.3 is 0 Å². The van der Waals surface area contributed by atoms with Gasteiger partial charge in [0.1, 0.15) is 5.01 Å². The zero-order chi connectivity index (χ0) is 14.8. The third-order valence-corrected chi connectivity index (χ3v) is 3.91. The zero-order valence-corrected chi connectivity index (χ0v) is 12.3. The fourth-order valence-corrected chi connectivity index (χ4v) is 2.83. The molecule has 0 aliphatic rings. The van der Waals surface area contributed by atoms with E-state index < -0.39 is 5.91 Å². The van der Waals surface area contributed by atoms with Crippen LogP contribution in [0.3, 0.4) is 0 Å². The summed E-state index contributed by atoms with van der Waals surface area (Å²) in [6.07, 6.45) is 3.10. The van der Waals surface area contributed by atoms with Crippen LogP contribution < -0.4 is 5.73 Å². The summed E-state index contributed by atoms with van der Waals surface area (Å²) in [6.45, 7) is 2.59. The Bertz CT molecular complexity index is 790. The lowest BCUT2D eigenvalue weighted by atomic mass is 10.1. The molecule has 1 aromatic carbocycles. The van der Waals surface area contributed by atoms with Gasteiger partial charge in [-0.15, -0.1) is 11.3 Å². The first-order valence-corrected chi connectivity index (χ1v) is 7.33. The van der Waals surface area contributed by atoms with E-state index in [1.54, 1.807) is 22.2 Å². The molecular formula is C15H14N4OS. The molecule has 0 aliphatic carbocycles. The standard InChI is InChI=1S/C15H14N4OS/c1-10-3-2-4-11(5-10)13-9-21-14(18-13)8-19-7-12(6-17-19)15(16)20/h2-7,9H,8H2,1H3,(H2,16,20). The monoisotopic (exact) mass is 298 g/mol. The van der Waals surface area contributed by atoms with Gasteiger partial charge in [0.25, 0.3) is 5.91 Å². The van der Waals surface area contributed by atoms with Gasteiger partial charge in [-0.05, 0) is 13.0 Å². The molecule has 0 spiro atoms. The molecule has 106 valence electrons. The summed E-state index contributed by atoms with van der Waals surface area (Å²) in [4.78, 5) is 15.7. The van der Waals surface area contributed by atoms with Gasteiger partial charge in [0, 0.05) is 17.1 Å². The van der Waals surface area contributed by atoms with Crippen molar-refractivity contribution in [2.75, 3.05) is 0 Å². The molecule has 1 amide bonds.